The molecule has 0 amide bonds. The van der Waals surface area contributed by atoms with Gasteiger partial charge in [-0.15, -0.1) is 0 Å². The predicted octanol–water partition coefficient (Wildman–Crippen LogP) is 1.88. The lowest BCUT2D eigenvalue weighted by Crippen LogP contribution is -2.35. The summed E-state index contributed by atoms with van der Waals surface area (Å²) in [4.78, 5) is 8.03. The molecule has 0 radical (unpaired) electrons. The van der Waals surface area contributed by atoms with Crippen LogP contribution in [0.25, 0.3) is 0 Å². The minimum Gasteiger partial charge on any atom is -0.346 e. The van der Waals surface area contributed by atoms with Crippen molar-refractivity contribution >= 4 is 0 Å². The normalized spacial score (nSPS) is 26.2. The van der Waals surface area contributed by atoms with E-state index >= 15 is 0 Å². The monoisotopic (exact) mass is 193 g/mol. The van der Waals surface area contributed by atoms with E-state index < -0.39 is 0 Å². The standard InChI is InChI=1S/C11H19N3/c1-3-4-10-7(2)13-11(14-10)8-5-9(12)6-8/h8-9H,3-6,12H2,1-2H3,(H,13,14). The van der Waals surface area contributed by atoms with E-state index in [2.05, 4.69) is 23.8 Å². The maximum atomic E-state index is 5.77. The van der Waals surface area contributed by atoms with Gasteiger partial charge >= 0.3 is 0 Å². The average molecular weight is 193 g/mol. The highest BCUT2D eigenvalue weighted by atomic mass is 15.0. The van der Waals surface area contributed by atoms with E-state index in [9.17, 15) is 0 Å². The van der Waals surface area contributed by atoms with E-state index in [1.807, 2.05) is 0 Å². The number of rotatable bonds is 3. The summed E-state index contributed by atoms with van der Waals surface area (Å²) < 4.78 is 0. The SMILES string of the molecule is CCCc1nc(C2CC(N)C2)[nH]c1C. The summed E-state index contributed by atoms with van der Waals surface area (Å²) in [6.45, 7) is 4.30. The molecule has 1 fully saturated rings. The van der Waals surface area contributed by atoms with E-state index in [1.54, 1.807) is 0 Å². The second-order valence-corrected chi connectivity index (χ2v) is 4.37. The summed E-state index contributed by atoms with van der Waals surface area (Å²) in [5.74, 6) is 1.75. The number of nitrogens with two attached hydrogens (primary N) is 1. The maximum Gasteiger partial charge on any atom is 0.109 e. The summed E-state index contributed by atoms with van der Waals surface area (Å²) in [6, 6.07) is 0.403. The van der Waals surface area contributed by atoms with Crippen molar-refractivity contribution in [3.8, 4) is 0 Å². The molecule has 1 saturated carbocycles. The van der Waals surface area contributed by atoms with Crippen LogP contribution in [0.1, 0.15) is 49.3 Å². The molecule has 78 valence electrons. The van der Waals surface area contributed by atoms with Crippen LogP contribution in [0.15, 0.2) is 0 Å². The van der Waals surface area contributed by atoms with Crippen molar-refractivity contribution < 1.29 is 0 Å². The predicted molar refractivity (Wildman–Crippen MR) is 57.3 cm³/mol. The van der Waals surface area contributed by atoms with Gasteiger partial charge in [0.25, 0.3) is 0 Å². The lowest BCUT2D eigenvalue weighted by molar-refractivity contribution is 0.339. The van der Waals surface area contributed by atoms with Crippen LogP contribution in [0.5, 0.6) is 0 Å². The highest BCUT2D eigenvalue weighted by Gasteiger charge is 2.29. The molecule has 1 aliphatic carbocycles. The molecule has 0 spiro atoms. The Morgan fingerprint density at radius 1 is 1.50 bits per heavy atom. The van der Waals surface area contributed by atoms with Gasteiger partial charge in [0.15, 0.2) is 0 Å². The molecule has 0 unspecified atom stereocenters. The molecule has 0 aromatic carbocycles. The molecule has 1 aliphatic rings. The van der Waals surface area contributed by atoms with Crippen LogP contribution in [-0.4, -0.2) is 16.0 Å². The molecule has 0 atom stereocenters. The summed E-state index contributed by atoms with van der Waals surface area (Å²) >= 11 is 0. The van der Waals surface area contributed by atoms with Gasteiger partial charge in [0.05, 0.1) is 5.69 Å². The van der Waals surface area contributed by atoms with Crippen LogP contribution in [0.3, 0.4) is 0 Å². The van der Waals surface area contributed by atoms with Gasteiger partial charge < -0.3 is 10.7 Å². The van der Waals surface area contributed by atoms with E-state index in [1.165, 1.54) is 11.4 Å². The molecule has 2 rings (SSSR count). The Kier molecular flexibility index (Phi) is 2.59. The van der Waals surface area contributed by atoms with E-state index in [4.69, 9.17) is 5.73 Å². The second-order valence-electron chi connectivity index (χ2n) is 4.37. The fourth-order valence-corrected chi connectivity index (χ4v) is 2.08. The zero-order chi connectivity index (χ0) is 10.1. The van der Waals surface area contributed by atoms with Gasteiger partial charge in [-0.1, -0.05) is 13.3 Å². The van der Waals surface area contributed by atoms with Crippen LogP contribution in [0.4, 0.5) is 0 Å². The Morgan fingerprint density at radius 2 is 2.21 bits per heavy atom. The van der Waals surface area contributed by atoms with Crippen LogP contribution in [0, 0.1) is 6.92 Å². The average Bonchev–Trinajstić information content (AvgIpc) is 2.43. The van der Waals surface area contributed by atoms with Gasteiger partial charge in [-0.2, -0.15) is 0 Å². The topological polar surface area (TPSA) is 54.7 Å². The highest BCUT2D eigenvalue weighted by molar-refractivity contribution is 5.17. The third-order valence-electron chi connectivity index (χ3n) is 3.05. The number of aryl methyl sites for hydroxylation is 2. The third kappa shape index (κ3) is 1.69. The van der Waals surface area contributed by atoms with Gasteiger partial charge in [0.2, 0.25) is 0 Å². The molecule has 14 heavy (non-hydrogen) atoms. The number of nitrogens with one attached hydrogen (secondary N) is 1. The van der Waals surface area contributed by atoms with Crippen LogP contribution in [-0.2, 0) is 6.42 Å². The van der Waals surface area contributed by atoms with Crippen molar-refractivity contribution in [1.29, 1.82) is 0 Å². The number of aromatic amines is 1. The minimum atomic E-state index is 0.403. The largest absolute Gasteiger partial charge is 0.346 e. The fourth-order valence-electron chi connectivity index (χ4n) is 2.08. The number of hydrogen-bond donors (Lipinski definition) is 2. The van der Waals surface area contributed by atoms with Crippen molar-refractivity contribution in [3.63, 3.8) is 0 Å². The van der Waals surface area contributed by atoms with E-state index in [0.29, 0.717) is 12.0 Å². The minimum absolute atomic E-state index is 0.403. The Bertz CT molecular complexity index is 310. The maximum absolute atomic E-state index is 5.77. The first kappa shape index (κ1) is 9.71. The molecule has 1 aromatic heterocycles. The number of hydrogen-bond acceptors (Lipinski definition) is 2. The molecular formula is C11H19N3. The van der Waals surface area contributed by atoms with Crippen molar-refractivity contribution in [2.75, 3.05) is 0 Å². The van der Waals surface area contributed by atoms with Crippen molar-refractivity contribution in [1.82, 2.24) is 9.97 Å². The summed E-state index contributed by atoms with van der Waals surface area (Å²) in [6.07, 6.45) is 4.44. The molecule has 1 heterocycles. The van der Waals surface area contributed by atoms with Crippen molar-refractivity contribution in [2.45, 2.75) is 51.5 Å². The summed E-state index contributed by atoms with van der Waals surface area (Å²) in [5, 5.41) is 0. The quantitative estimate of drug-likeness (QED) is 0.770. The van der Waals surface area contributed by atoms with Crippen molar-refractivity contribution in [2.24, 2.45) is 5.73 Å². The lowest BCUT2D eigenvalue weighted by atomic mass is 9.80. The Labute approximate surface area is 85.1 Å². The Hall–Kier alpha value is -0.830. The Morgan fingerprint density at radius 3 is 2.79 bits per heavy atom. The molecule has 3 heteroatoms. The van der Waals surface area contributed by atoms with E-state index in [-0.39, 0.29) is 0 Å². The smallest absolute Gasteiger partial charge is 0.109 e. The molecule has 3 N–H and O–H groups in total. The van der Waals surface area contributed by atoms with Gasteiger partial charge in [0.1, 0.15) is 5.82 Å². The molecule has 0 aliphatic heterocycles. The molecule has 1 aromatic rings. The Balaban J connectivity index is 2.08. The van der Waals surface area contributed by atoms with Gasteiger partial charge in [-0.05, 0) is 26.2 Å². The molecule has 3 nitrogen and oxygen atoms in total. The zero-order valence-corrected chi connectivity index (χ0v) is 9.01. The number of imidazole rings is 1. The number of nitrogens with zero attached hydrogens (tertiary/aromatic N) is 1. The molecule has 0 saturated heterocycles. The molecule has 0 bridgehead atoms. The zero-order valence-electron chi connectivity index (χ0n) is 9.01. The van der Waals surface area contributed by atoms with Crippen molar-refractivity contribution in [3.05, 3.63) is 17.2 Å². The number of aromatic nitrogens is 2. The number of H-pyrrole nitrogens is 1. The second kappa shape index (κ2) is 3.73. The third-order valence-corrected chi connectivity index (χ3v) is 3.05. The van der Waals surface area contributed by atoms with Crippen LogP contribution < -0.4 is 5.73 Å². The van der Waals surface area contributed by atoms with Crippen LogP contribution >= 0.6 is 0 Å². The summed E-state index contributed by atoms with van der Waals surface area (Å²) in [7, 11) is 0. The van der Waals surface area contributed by atoms with E-state index in [0.717, 1.165) is 31.5 Å². The summed E-state index contributed by atoms with van der Waals surface area (Å²) in [5.41, 5.74) is 8.25. The highest BCUT2D eigenvalue weighted by Crippen LogP contribution is 2.34. The first-order valence-electron chi connectivity index (χ1n) is 5.51. The van der Waals surface area contributed by atoms with Crippen LogP contribution in [0.2, 0.25) is 0 Å². The van der Waals surface area contributed by atoms with Gasteiger partial charge in [0, 0.05) is 17.7 Å². The molecular weight excluding hydrogens is 174 g/mol. The van der Waals surface area contributed by atoms with Gasteiger partial charge in [-0.25, -0.2) is 4.98 Å². The first-order valence-corrected chi connectivity index (χ1v) is 5.51. The fraction of sp³-hybridized carbons (Fsp3) is 0.727. The van der Waals surface area contributed by atoms with Gasteiger partial charge in [-0.3, -0.25) is 0 Å². The lowest BCUT2D eigenvalue weighted by Gasteiger charge is -2.30. The first-order chi connectivity index (χ1) is 6.70.